The number of nitrogens with one attached hydrogen (secondary N) is 1. The van der Waals surface area contributed by atoms with Crippen molar-refractivity contribution >= 4 is 17.4 Å². The minimum Gasteiger partial charge on any atom is -0.381 e. The maximum Gasteiger partial charge on any atom is 0.219 e. The van der Waals surface area contributed by atoms with Crippen LogP contribution in [0.15, 0.2) is 18.2 Å². The van der Waals surface area contributed by atoms with Gasteiger partial charge in [0.1, 0.15) is 0 Å². The van der Waals surface area contributed by atoms with E-state index in [0.29, 0.717) is 6.42 Å². The van der Waals surface area contributed by atoms with Crippen LogP contribution in [-0.2, 0) is 4.79 Å². The zero-order valence-corrected chi connectivity index (χ0v) is 9.12. The summed E-state index contributed by atoms with van der Waals surface area (Å²) in [5.41, 5.74) is 7.64. The highest BCUT2D eigenvalue weighted by molar-refractivity contribution is 6.05. The third-order valence-corrected chi connectivity index (χ3v) is 2.79. The Balaban J connectivity index is 2.30. The lowest BCUT2D eigenvalue weighted by Crippen LogP contribution is -2.33. The van der Waals surface area contributed by atoms with Gasteiger partial charge in [-0.3, -0.25) is 9.59 Å². The van der Waals surface area contributed by atoms with Crippen molar-refractivity contribution in [1.82, 2.24) is 0 Å². The maximum absolute atomic E-state index is 11.9. The van der Waals surface area contributed by atoms with Gasteiger partial charge in [-0.05, 0) is 18.6 Å². The lowest BCUT2D eigenvalue weighted by atomic mass is 9.92. The quantitative estimate of drug-likeness (QED) is 0.784. The molecule has 0 saturated carbocycles. The van der Waals surface area contributed by atoms with Gasteiger partial charge in [0.25, 0.3) is 0 Å². The number of anilines is 1. The molecule has 0 saturated heterocycles. The molecule has 0 bridgehead atoms. The molecule has 1 aromatic carbocycles. The summed E-state index contributed by atoms with van der Waals surface area (Å²) in [7, 11) is 0. The van der Waals surface area contributed by atoms with Gasteiger partial charge < -0.3 is 11.1 Å². The fraction of sp³-hybridized carbons (Fsp3) is 0.333. The Morgan fingerprint density at radius 1 is 1.56 bits per heavy atom. The van der Waals surface area contributed by atoms with Crippen LogP contribution >= 0.6 is 0 Å². The van der Waals surface area contributed by atoms with Gasteiger partial charge in [0.15, 0.2) is 5.78 Å². The minimum absolute atomic E-state index is 0.0816. The average molecular weight is 218 g/mol. The molecular formula is C12H14N2O2. The smallest absolute Gasteiger partial charge is 0.219 e. The summed E-state index contributed by atoms with van der Waals surface area (Å²) in [6.45, 7) is 1.91. The largest absolute Gasteiger partial charge is 0.381 e. The predicted molar refractivity (Wildman–Crippen MR) is 61.3 cm³/mol. The molecule has 1 heterocycles. The predicted octanol–water partition coefficient (Wildman–Crippen LogP) is 1.24. The maximum atomic E-state index is 11.9. The van der Waals surface area contributed by atoms with Gasteiger partial charge in [-0.2, -0.15) is 0 Å². The van der Waals surface area contributed by atoms with Gasteiger partial charge in [0, 0.05) is 30.1 Å². The van der Waals surface area contributed by atoms with Crippen LogP contribution in [0.2, 0.25) is 0 Å². The van der Waals surface area contributed by atoms with Crippen molar-refractivity contribution in [3.8, 4) is 0 Å². The zero-order chi connectivity index (χ0) is 11.7. The number of amides is 1. The number of primary amides is 1. The van der Waals surface area contributed by atoms with E-state index in [1.165, 1.54) is 0 Å². The van der Waals surface area contributed by atoms with E-state index in [9.17, 15) is 9.59 Å². The number of fused-ring (bicyclic) bond motifs is 1. The normalized spacial score (nSPS) is 18.8. The van der Waals surface area contributed by atoms with Crippen LogP contribution < -0.4 is 11.1 Å². The first kappa shape index (κ1) is 10.7. The molecule has 1 aromatic rings. The number of ketones is 1. The first-order valence-electron chi connectivity index (χ1n) is 5.25. The molecule has 1 atom stereocenters. The van der Waals surface area contributed by atoms with E-state index in [1.54, 1.807) is 0 Å². The molecule has 1 amide bonds. The van der Waals surface area contributed by atoms with E-state index >= 15 is 0 Å². The molecule has 16 heavy (non-hydrogen) atoms. The number of benzene rings is 1. The number of aryl methyl sites for hydroxylation is 1. The number of nitrogens with two attached hydrogens (primary N) is 1. The van der Waals surface area contributed by atoms with E-state index in [0.717, 1.165) is 16.8 Å². The van der Waals surface area contributed by atoms with Crippen LogP contribution in [0, 0.1) is 6.92 Å². The Morgan fingerprint density at radius 2 is 2.31 bits per heavy atom. The molecule has 1 aliphatic heterocycles. The van der Waals surface area contributed by atoms with Crippen molar-refractivity contribution in [3.63, 3.8) is 0 Å². The fourth-order valence-corrected chi connectivity index (χ4v) is 2.12. The van der Waals surface area contributed by atoms with Crippen LogP contribution in [0.5, 0.6) is 0 Å². The summed E-state index contributed by atoms with van der Waals surface area (Å²) in [5.74, 6) is -0.306. The van der Waals surface area contributed by atoms with Crippen molar-refractivity contribution in [1.29, 1.82) is 0 Å². The lowest BCUT2D eigenvalue weighted by molar-refractivity contribution is -0.118. The summed E-state index contributed by atoms with van der Waals surface area (Å²) in [6, 6.07) is 5.49. The van der Waals surface area contributed by atoms with Crippen LogP contribution in [-0.4, -0.2) is 17.7 Å². The van der Waals surface area contributed by atoms with Crippen LogP contribution in [0.25, 0.3) is 0 Å². The zero-order valence-electron chi connectivity index (χ0n) is 9.12. The summed E-state index contributed by atoms with van der Waals surface area (Å²) < 4.78 is 0. The molecular weight excluding hydrogens is 204 g/mol. The molecule has 0 radical (unpaired) electrons. The van der Waals surface area contributed by atoms with E-state index in [-0.39, 0.29) is 24.2 Å². The van der Waals surface area contributed by atoms with Gasteiger partial charge in [-0.1, -0.05) is 12.1 Å². The van der Waals surface area contributed by atoms with Crippen molar-refractivity contribution in [2.24, 2.45) is 5.73 Å². The van der Waals surface area contributed by atoms with Gasteiger partial charge in [-0.15, -0.1) is 0 Å². The molecule has 84 valence electrons. The Bertz CT molecular complexity index is 454. The highest BCUT2D eigenvalue weighted by Crippen LogP contribution is 2.28. The van der Waals surface area contributed by atoms with E-state index in [1.807, 2.05) is 25.1 Å². The van der Waals surface area contributed by atoms with E-state index in [4.69, 9.17) is 5.73 Å². The first-order chi connectivity index (χ1) is 7.58. The topological polar surface area (TPSA) is 72.2 Å². The van der Waals surface area contributed by atoms with Crippen LogP contribution in [0.3, 0.4) is 0 Å². The highest BCUT2D eigenvalue weighted by Gasteiger charge is 2.26. The van der Waals surface area contributed by atoms with Gasteiger partial charge in [0.05, 0.1) is 0 Å². The van der Waals surface area contributed by atoms with Gasteiger partial charge in [-0.25, -0.2) is 0 Å². The number of carbonyl (C=O) groups excluding carboxylic acids is 2. The second-order valence-electron chi connectivity index (χ2n) is 4.14. The van der Waals surface area contributed by atoms with Crippen molar-refractivity contribution in [3.05, 3.63) is 29.3 Å². The van der Waals surface area contributed by atoms with E-state index < -0.39 is 0 Å². The summed E-state index contributed by atoms with van der Waals surface area (Å²) >= 11 is 0. The summed E-state index contributed by atoms with van der Waals surface area (Å²) in [6.07, 6.45) is 0.528. The van der Waals surface area contributed by atoms with Crippen molar-refractivity contribution < 1.29 is 9.59 Å². The Labute approximate surface area is 93.8 Å². The molecule has 2 rings (SSSR count). The van der Waals surface area contributed by atoms with Crippen LogP contribution in [0.1, 0.15) is 28.8 Å². The molecule has 0 spiro atoms. The number of Topliss-reactive ketones (excluding diaryl/α,β-unsaturated/α-hetero) is 1. The summed E-state index contributed by atoms with van der Waals surface area (Å²) in [4.78, 5) is 22.7. The number of rotatable bonds is 2. The van der Waals surface area contributed by atoms with Gasteiger partial charge >= 0.3 is 0 Å². The highest BCUT2D eigenvalue weighted by atomic mass is 16.1. The number of hydrogen-bond acceptors (Lipinski definition) is 3. The number of carbonyl (C=O) groups is 2. The molecule has 4 heteroatoms. The SMILES string of the molecule is Cc1cccc2c1C(=O)CC(CC(N)=O)N2. The minimum atomic E-state index is -0.388. The molecule has 0 aliphatic carbocycles. The second kappa shape index (κ2) is 3.96. The standard InChI is InChI=1S/C12H14N2O2/c1-7-3-2-4-9-12(7)10(15)5-8(14-9)6-11(13)16/h2-4,8,14H,5-6H2,1H3,(H2,13,16). The number of hydrogen-bond donors (Lipinski definition) is 2. The molecule has 3 N–H and O–H groups in total. The monoisotopic (exact) mass is 218 g/mol. The molecule has 4 nitrogen and oxygen atoms in total. The van der Waals surface area contributed by atoms with Crippen LogP contribution in [0.4, 0.5) is 5.69 Å². The van der Waals surface area contributed by atoms with E-state index in [2.05, 4.69) is 5.32 Å². The third-order valence-electron chi connectivity index (χ3n) is 2.79. The average Bonchev–Trinajstić information content (AvgIpc) is 2.15. The fourth-order valence-electron chi connectivity index (χ4n) is 2.12. The molecule has 0 aromatic heterocycles. The van der Waals surface area contributed by atoms with Gasteiger partial charge in [0.2, 0.25) is 5.91 Å². The molecule has 1 unspecified atom stereocenters. The lowest BCUT2D eigenvalue weighted by Gasteiger charge is -2.26. The Kier molecular flexibility index (Phi) is 2.64. The first-order valence-corrected chi connectivity index (χ1v) is 5.25. The van der Waals surface area contributed by atoms with Crippen molar-refractivity contribution in [2.75, 3.05) is 5.32 Å². The second-order valence-corrected chi connectivity index (χ2v) is 4.14. The van der Waals surface area contributed by atoms with Crippen molar-refractivity contribution in [2.45, 2.75) is 25.8 Å². The Morgan fingerprint density at radius 3 is 3.00 bits per heavy atom. The Hall–Kier alpha value is -1.84. The third kappa shape index (κ3) is 1.91. The summed E-state index contributed by atoms with van der Waals surface area (Å²) in [5, 5.41) is 3.18. The molecule has 1 aliphatic rings. The molecule has 0 fully saturated rings.